The van der Waals surface area contributed by atoms with Gasteiger partial charge in [0.15, 0.2) is 0 Å². The van der Waals surface area contributed by atoms with Crippen molar-refractivity contribution in [2.75, 3.05) is 0 Å². The van der Waals surface area contributed by atoms with Crippen molar-refractivity contribution in [2.45, 2.75) is 6.61 Å². The third kappa shape index (κ3) is 3.81. The molecule has 0 radical (unpaired) electrons. The van der Waals surface area contributed by atoms with Crippen molar-refractivity contribution in [3.63, 3.8) is 0 Å². The Labute approximate surface area is 182 Å². The smallest absolute Gasteiger partial charge is 0.365 e. The molecular weight excluding hydrogens is 414 g/mol. The van der Waals surface area contributed by atoms with E-state index < -0.39 is 5.63 Å². The number of benzene rings is 2. The van der Waals surface area contributed by atoms with Crippen LogP contribution in [-0.4, -0.2) is 15.1 Å². The molecule has 31 heavy (non-hydrogen) atoms. The molecule has 0 unspecified atom stereocenters. The molecule has 0 aliphatic rings. The molecule has 0 amide bonds. The quantitative estimate of drug-likeness (QED) is 0.400. The van der Waals surface area contributed by atoms with E-state index in [1.165, 1.54) is 0 Å². The second kappa shape index (κ2) is 8.08. The van der Waals surface area contributed by atoms with Crippen LogP contribution in [-0.2, 0) is 6.61 Å². The Bertz CT molecular complexity index is 1430. The number of hydrogen-bond donors (Lipinski definition) is 1. The Morgan fingerprint density at radius 1 is 1.00 bits per heavy atom. The maximum Gasteiger partial charge on any atom is 0.365 e. The minimum absolute atomic E-state index is 0.310. The third-order valence-electron chi connectivity index (χ3n) is 4.93. The predicted molar refractivity (Wildman–Crippen MR) is 119 cm³/mol. The van der Waals surface area contributed by atoms with Gasteiger partial charge >= 0.3 is 5.63 Å². The summed E-state index contributed by atoms with van der Waals surface area (Å²) in [4.78, 5) is 20.8. The molecule has 5 rings (SSSR count). The van der Waals surface area contributed by atoms with Gasteiger partial charge in [-0.3, -0.25) is 4.98 Å². The number of aromatic amines is 1. The van der Waals surface area contributed by atoms with Crippen molar-refractivity contribution in [3.05, 3.63) is 100 Å². The lowest BCUT2D eigenvalue weighted by Gasteiger charge is -2.09. The Kier molecular flexibility index (Phi) is 4.98. The van der Waals surface area contributed by atoms with Crippen molar-refractivity contribution in [3.8, 4) is 28.3 Å². The Morgan fingerprint density at radius 3 is 2.68 bits per heavy atom. The molecule has 0 atom stereocenters. The zero-order valence-corrected chi connectivity index (χ0v) is 17.0. The summed E-state index contributed by atoms with van der Waals surface area (Å²) in [6.45, 7) is 0.310. The molecule has 0 spiro atoms. The molecule has 152 valence electrons. The fourth-order valence-electron chi connectivity index (χ4n) is 3.41. The van der Waals surface area contributed by atoms with Gasteiger partial charge in [-0.05, 0) is 41.5 Å². The lowest BCUT2D eigenvalue weighted by Crippen LogP contribution is -1.99. The monoisotopic (exact) mass is 429 g/mol. The summed E-state index contributed by atoms with van der Waals surface area (Å²) in [5.41, 5.74) is 3.57. The first kappa shape index (κ1) is 19.1. The van der Waals surface area contributed by atoms with Crippen LogP contribution in [0.3, 0.4) is 0 Å². The molecular formula is C24H16ClN3O3. The molecule has 0 aliphatic carbocycles. The second-order valence-electron chi connectivity index (χ2n) is 6.92. The minimum Gasteiger partial charge on any atom is -0.473 e. The van der Waals surface area contributed by atoms with E-state index in [0.717, 1.165) is 16.5 Å². The van der Waals surface area contributed by atoms with Gasteiger partial charge in [-0.1, -0.05) is 41.9 Å². The van der Waals surface area contributed by atoms with Crippen LogP contribution in [0.4, 0.5) is 0 Å². The van der Waals surface area contributed by atoms with E-state index in [1.54, 1.807) is 30.6 Å². The van der Waals surface area contributed by atoms with Gasteiger partial charge in [0, 0.05) is 29.4 Å². The Hall–Kier alpha value is -3.90. The van der Waals surface area contributed by atoms with Gasteiger partial charge in [0.25, 0.3) is 0 Å². The van der Waals surface area contributed by atoms with Crippen molar-refractivity contribution >= 4 is 22.5 Å². The van der Waals surface area contributed by atoms with Gasteiger partial charge in [0.1, 0.15) is 6.61 Å². The van der Waals surface area contributed by atoms with Crippen molar-refractivity contribution in [1.82, 2.24) is 15.1 Å². The second-order valence-corrected chi connectivity index (χ2v) is 7.33. The van der Waals surface area contributed by atoms with Gasteiger partial charge in [0.2, 0.25) is 5.88 Å². The molecule has 2 aromatic carbocycles. The first-order valence-corrected chi connectivity index (χ1v) is 9.96. The topological polar surface area (TPSA) is 81.0 Å². The standard InChI is InChI=1S/C24H16ClN3O3/c25-19-13-15(14-30-21-8-6-16-3-1-2-4-20(16)27-21)5-7-18(19)23-22(24(29)31-28-23)17-9-11-26-12-10-17/h1-13,28H,14H2. The van der Waals surface area contributed by atoms with Crippen LogP contribution in [0.5, 0.6) is 5.88 Å². The van der Waals surface area contributed by atoms with Crippen LogP contribution >= 0.6 is 11.6 Å². The SMILES string of the molecule is O=c1o[nH]c(-c2ccc(COc3ccc4ccccc4n3)cc2Cl)c1-c1ccncc1. The van der Waals surface area contributed by atoms with Gasteiger partial charge in [0.05, 0.1) is 21.8 Å². The lowest BCUT2D eigenvalue weighted by atomic mass is 10.0. The van der Waals surface area contributed by atoms with Crippen LogP contribution in [0.25, 0.3) is 33.3 Å². The number of hydrogen-bond acceptors (Lipinski definition) is 5. The fraction of sp³-hybridized carbons (Fsp3) is 0.0417. The average Bonchev–Trinajstić information content (AvgIpc) is 3.19. The number of rotatable bonds is 5. The minimum atomic E-state index is -0.466. The lowest BCUT2D eigenvalue weighted by molar-refractivity contribution is 0.295. The van der Waals surface area contributed by atoms with Crippen LogP contribution in [0, 0.1) is 0 Å². The van der Waals surface area contributed by atoms with Crippen LogP contribution < -0.4 is 10.4 Å². The van der Waals surface area contributed by atoms with E-state index in [0.29, 0.717) is 39.9 Å². The van der Waals surface area contributed by atoms with Crippen LogP contribution in [0.15, 0.2) is 88.4 Å². The normalized spacial score (nSPS) is 11.0. The van der Waals surface area contributed by atoms with Crippen molar-refractivity contribution < 1.29 is 9.26 Å². The highest BCUT2D eigenvalue weighted by molar-refractivity contribution is 6.33. The number of H-pyrrole nitrogens is 1. The zero-order valence-electron chi connectivity index (χ0n) is 16.2. The highest BCUT2D eigenvalue weighted by Crippen LogP contribution is 2.33. The number of fused-ring (bicyclic) bond motifs is 1. The Balaban J connectivity index is 1.40. The summed E-state index contributed by atoms with van der Waals surface area (Å²) in [5, 5.41) is 4.22. The molecule has 0 fully saturated rings. The number of halogens is 1. The summed E-state index contributed by atoms with van der Waals surface area (Å²) in [5.74, 6) is 0.540. The zero-order chi connectivity index (χ0) is 21.2. The molecule has 3 heterocycles. The maximum absolute atomic E-state index is 12.3. The summed E-state index contributed by atoms with van der Waals surface area (Å²) < 4.78 is 10.9. The molecule has 1 N–H and O–H groups in total. The number of pyridine rings is 2. The maximum atomic E-state index is 12.3. The molecule has 0 saturated carbocycles. The van der Waals surface area contributed by atoms with E-state index in [1.807, 2.05) is 48.5 Å². The number of para-hydroxylation sites is 1. The number of ether oxygens (including phenoxy) is 1. The van der Waals surface area contributed by atoms with Crippen molar-refractivity contribution in [2.24, 2.45) is 0 Å². The average molecular weight is 430 g/mol. The molecule has 0 aliphatic heterocycles. The first-order chi connectivity index (χ1) is 15.2. The number of nitrogens with zero attached hydrogens (tertiary/aromatic N) is 2. The van der Waals surface area contributed by atoms with E-state index in [9.17, 15) is 4.79 Å². The third-order valence-corrected chi connectivity index (χ3v) is 5.24. The molecule has 0 saturated heterocycles. The number of nitrogens with one attached hydrogen (secondary N) is 1. The summed E-state index contributed by atoms with van der Waals surface area (Å²) in [6.07, 6.45) is 3.24. The molecule has 5 aromatic rings. The Morgan fingerprint density at radius 2 is 1.84 bits per heavy atom. The van der Waals surface area contributed by atoms with E-state index >= 15 is 0 Å². The molecule has 0 bridgehead atoms. The number of aromatic nitrogens is 3. The largest absolute Gasteiger partial charge is 0.473 e. The summed E-state index contributed by atoms with van der Waals surface area (Å²) >= 11 is 6.55. The van der Waals surface area contributed by atoms with Crippen molar-refractivity contribution in [1.29, 1.82) is 0 Å². The molecule has 7 heteroatoms. The first-order valence-electron chi connectivity index (χ1n) is 9.58. The fourth-order valence-corrected chi connectivity index (χ4v) is 3.71. The highest BCUT2D eigenvalue weighted by atomic mass is 35.5. The highest BCUT2D eigenvalue weighted by Gasteiger charge is 2.18. The van der Waals surface area contributed by atoms with Gasteiger partial charge in [-0.2, -0.15) is 0 Å². The predicted octanol–water partition coefficient (Wildman–Crippen LogP) is 5.48. The van der Waals surface area contributed by atoms with Crippen LogP contribution in [0.1, 0.15) is 5.56 Å². The van der Waals surface area contributed by atoms with E-state index in [2.05, 4.69) is 15.1 Å². The van der Waals surface area contributed by atoms with Gasteiger partial charge in [-0.15, -0.1) is 0 Å². The van der Waals surface area contributed by atoms with Gasteiger partial charge in [-0.25, -0.2) is 14.9 Å². The van der Waals surface area contributed by atoms with E-state index in [4.69, 9.17) is 20.9 Å². The van der Waals surface area contributed by atoms with E-state index in [-0.39, 0.29) is 0 Å². The van der Waals surface area contributed by atoms with Crippen LogP contribution in [0.2, 0.25) is 5.02 Å². The molecule has 3 aromatic heterocycles. The summed E-state index contributed by atoms with van der Waals surface area (Å²) in [7, 11) is 0. The summed E-state index contributed by atoms with van der Waals surface area (Å²) in [6, 6.07) is 20.7. The molecule has 6 nitrogen and oxygen atoms in total. The van der Waals surface area contributed by atoms with Gasteiger partial charge < -0.3 is 9.26 Å².